The molecule has 0 radical (unpaired) electrons. The lowest BCUT2D eigenvalue weighted by Crippen LogP contribution is -2.48. The van der Waals surface area contributed by atoms with Gasteiger partial charge in [0.15, 0.2) is 6.29 Å². The summed E-state index contributed by atoms with van der Waals surface area (Å²) in [4.78, 5) is 19.8. The van der Waals surface area contributed by atoms with Crippen LogP contribution in [0.5, 0.6) is 0 Å². The number of rotatable bonds is 4. The third-order valence-electron chi connectivity index (χ3n) is 6.38. The van der Waals surface area contributed by atoms with Gasteiger partial charge in [-0.05, 0) is 51.0 Å². The van der Waals surface area contributed by atoms with Gasteiger partial charge < -0.3 is 19.3 Å². The lowest BCUT2D eigenvalue weighted by Gasteiger charge is -2.38. The average Bonchev–Trinajstić information content (AvgIpc) is 3.28. The Morgan fingerprint density at radius 1 is 0.929 bits per heavy atom. The first kappa shape index (κ1) is 19.7. The van der Waals surface area contributed by atoms with E-state index in [-0.39, 0.29) is 12.2 Å². The topological polar surface area (TPSA) is 45.2 Å². The molecule has 3 aliphatic rings. The second-order valence-electron chi connectivity index (χ2n) is 8.40. The molecular weight excluding hydrogens is 354 g/mol. The van der Waals surface area contributed by atoms with Gasteiger partial charge >= 0.3 is 0 Å². The van der Waals surface area contributed by atoms with Gasteiger partial charge in [0.05, 0.1) is 13.2 Å². The van der Waals surface area contributed by atoms with Gasteiger partial charge in [-0.2, -0.15) is 0 Å². The van der Waals surface area contributed by atoms with Crippen molar-refractivity contribution in [3.8, 4) is 0 Å². The van der Waals surface area contributed by atoms with E-state index in [2.05, 4.69) is 35.8 Å². The lowest BCUT2D eigenvalue weighted by molar-refractivity contribution is -0.0956. The maximum atomic E-state index is 12.9. The van der Waals surface area contributed by atoms with Crippen molar-refractivity contribution in [1.29, 1.82) is 0 Å². The van der Waals surface area contributed by atoms with E-state index in [0.29, 0.717) is 25.2 Å². The minimum Gasteiger partial charge on any atom is -0.369 e. The number of anilines is 1. The zero-order chi connectivity index (χ0) is 19.5. The molecule has 0 spiro atoms. The first-order valence-corrected chi connectivity index (χ1v) is 10.7. The number of carbonyl (C=O) groups is 1. The van der Waals surface area contributed by atoms with Crippen LogP contribution in [0, 0.1) is 5.92 Å². The van der Waals surface area contributed by atoms with Gasteiger partial charge in [0.25, 0.3) is 5.91 Å². The molecule has 0 aliphatic carbocycles. The third-order valence-corrected chi connectivity index (χ3v) is 6.38. The molecule has 0 atom stereocenters. The molecule has 0 aromatic heterocycles. The van der Waals surface area contributed by atoms with Crippen LogP contribution in [0.2, 0.25) is 0 Å². The van der Waals surface area contributed by atoms with Gasteiger partial charge in [0.1, 0.15) is 0 Å². The summed E-state index contributed by atoms with van der Waals surface area (Å²) in [7, 11) is 0. The highest BCUT2D eigenvalue weighted by molar-refractivity contribution is 5.94. The average molecular weight is 388 g/mol. The Kier molecular flexibility index (Phi) is 6.19. The summed E-state index contributed by atoms with van der Waals surface area (Å²) in [6.07, 6.45) is 1.84. The van der Waals surface area contributed by atoms with Gasteiger partial charge in [-0.25, -0.2) is 0 Å². The van der Waals surface area contributed by atoms with Crippen LogP contribution in [0.25, 0.3) is 0 Å². The van der Waals surface area contributed by atoms with Gasteiger partial charge in [-0.3, -0.25) is 9.69 Å². The number of likely N-dealkylation sites (tertiary alicyclic amines) is 1. The van der Waals surface area contributed by atoms with Crippen LogP contribution in [-0.2, 0) is 9.47 Å². The van der Waals surface area contributed by atoms with Crippen molar-refractivity contribution in [3.05, 3.63) is 29.8 Å². The highest BCUT2D eigenvalue weighted by Crippen LogP contribution is 2.27. The van der Waals surface area contributed by atoms with Crippen LogP contribution >= 0.6 is 0 Å². The number of amides is 1. The molecule has 1 amide bonds. The van der Waals surface area contributed by atoms with Crippen LogP contribution in [0.15, 0.2) is 24.3 Å². The molecule has 3 fully saturated rings. The monoisotopic (exact) mass is 387 g/mol. The molecule has 6 heteroatoms. The lowest BCUT2D eigenvalue weighted by atomic mass is 9.95. The number of benzene rings is 1. The summed E-state index contributed by atoms with van der Waals surface area (Å²) in [5.41, 5.74) is 2.01. The summed E-state index contributed by atoms with van der Waals surface area (Å²) in [6, 6.07) is 8.79. The Bertz CT molecular complexity index is 641. The zero-order valence-corrected chi connectivity index (χ0v) is 17.2. The highest BCUT2D eigenvalue weighted by atomic mass is 16.7. The number of piperazine rings is 1. The van der Waals surface area contributed by atoms with E-state index in [0.717, 1.165) is 57.7 Å². The minimum atomic E-state index is -0.0623. The fourth-order valence-electron chi connectivity index (χ4n) is 4.52. The molecule has 0 bridgehead atoms. The van der Waals surface area contributed by atoms with Crippen LogP contribution < -0.4 is 4.90 Å². The van der Waals surface area contributed by atoms with E-state index in [4.69, 9.17) is 9.47 Å². The molecule has 1 aromatic rings. The molecule has 154 valence electrons. The normalized spacial score (nSPS) is 23.0. The number of ether oxygens (including phenoxy) is 2. The number of nitrogens with zero attached hydrogens (tertiary/aromatic N) is 3. The predicted molar refractivity (Wildman–Crippen MR) is 110 cm³/mol. The summed E-state index contributed by atoms with van der Waals surface area (Å²) in [5, 5.41) is 0. The van der Waals surface area contributed by atoms with Crippen molar-refractivity contribution < 1.29 is 14.3 Å². The zero-order valence-electron chi connectivity index (χ0n) is 17.2. The van der Waals surface area contributed by atoms with Crippen molar-refractivity contribution in [1.82, 2.24) is 9.80 Å². The van der Waals surface area contributed by atoms with E-state index >= 15 is 0 Å². The maximum Gasteiger partial charge on any atom is 0.253 e. The van der Waals surface area contributed by atoms with Crippen molar-refractivity contribution >= 4 is 11.6 Å². The fourth-order valence-corrected chi connectivity index (χ4v) is 4.52. The fraction of sp³-hybridized carbons (Fsp3) is 0.682. The second-order valence-corrected chi connectivity index (χ2v) is 8.40. The number of hydrogen-bond acceptors (Lipinski definition) is 5. The SMILES string of the molecule is CC(C)N1CCN(c2ccc(C(=O)N3CCC(C4OCCO4)CC3)cc2)CC1. The minimum absolute atomic E-state index is 0.0623. The van der Waals surface area contributed by atoms with Crippen LogP contribution in [0.4, 0.5) is 5.69 Å². The van der Waals surface area contributed by atoms with Gasteiger partial charge in [0.2, 0.25) is 0 Å². The van der Waals surface area contributed by atoms with Crippen LogP contribution in [0.3, 0.4) is 0 Å². The largest absolute Gasteiger partial charge is 0.369 e. The first-order chi connectivity index (χ1) is 13.6. The van der Waals surface area contributed by atoms with E-state index in [1.165, 1.54) is 5.69 Å². The number of carbonyl (C=O) groups excluding carboxylic acids is 1. The predicted octanol–water partition coefficient (Wildman–Crippen LogP) is 2.44. The quantitative estimate of drug-likeness (QED) is 0.794. The summed E-state index contributed by atoms with van der Waals surface area (Å²) < 4.78 is 11.3. The Morgan fingerprint density at radius 2 is 1.54 bits per heavy atom. The highest BCUT2D eigenvalue weighted by Gasteiger charge is 2.32. The van der Waals surface area contributed by atoms with Crippen molar-refractivity contribution in [2.45, 2.75) is 39.0 Å². The van der Waals surface area contributed by atoms with Gasteiger partial charge in [-0.1, -0.05) is 0 Å². The molecule has 1 aromatic carbocycles. The second kappa shape index (κ2) is 8.80. The maximum absolute atomic E-state index is 12.9. The van der Waals surface area contributed by atoms with E-state index in [9.17, 15) is 4.79 Å². The van der Waals surface area contributed by atoms with Crippen molar-refractivity contribution in [3.63, 3.8) is 0 Å². The Hall–Kier alpha value is -1.63. The van der Waals surface area contributed by atoms with Crippen LogP contribution in [0.1, 0.15) is 37.0 Å². The van der Waals surface area contributed by atoms with E-state index in [1.54, 1.807) is 0 Å². The summed E-state index contributed by atoms with van der Waals surface area (Å²) in [6.45, 7) is 11.8. The standard InChI is InChI=1S/C22H33N3O3/c1-17(2)23-11-13-24(14-12-23)20-5-3-18(4-6-20)21(26)25-9-7-19(8-10-25)22-27-15-16-28-22/h3-6,17,19,22H,7-16H2,1-2H3. The molecule has 3 aliphatic heterocycles. The van der Waals surface area contributed by atoms with Gasteiger partial charge in [-0.15, -0.1) is 0 Å². The molecule has 0 unspecified atom stereocenters. The Morgan fingerprint density at radius 3 is 2.11 bits per heavy atom. The smallest absolute Gasteiger partial charge is 0.253 e. The molecule has 3 heterocycles. The summed E-state index contributed by atoms with van der Waals surface area (Å²) >= 11 is 0. The molecule has 3 saturated heterocycles. The first-order valence-electron chi connectivity index (χ1n) is 10.7. The Labute approximate surface area is 168 Å². The molecular formula is C22H33N3O3. The van der Waals surface area contributed by atoms with Crippen molar-refractivity contribution in [2.75, 3.05) is 57.4 Å². The summed E-state index contributed by atoms with van der Waals surface area (Å²) in [5.74, 6) is 0.557. The molecule has 0 N–H and O–H groups in total. The molecule has 0 saturated carbocycles. The van der Waals surface area contributed by atoms with Crippen molar-refractivity contribution in [2.24, 2.45) is 5.92 Å². The third kappa shape index (κ3) is 4.34. The number of hydrogen-bond donors (Lipinski definition) is 0. The Balaban J connectivity index is 1.30. The molecule has 4 rings (SSSR count). The van der Waals surface area contributed by atoms with E-state index in [1.807, 2.05) is 17.0 Å². The molecule has 6 nitrogen and oxygen atoms in total. The van der Waals surface area contributed by atoms with Gasteiger partial charge in [0, 0.05) is 62.5 Å². The molecule has 28 heavy (non-hydrogen) atoms. The van der Waals surface area contributed by atoms with Crippen LogP contribution in [-0.4, -0.2) is 80.5 Å². The van der Waals surface area contributed by atoms with E-state index < -0.39 is 0 Å². The number of piperidine rings is 1.